The van der Waals surface area contributed by atoms with Crippen molar-refractivity contribution in [2.24, 2.45) is 0 Å². The number of fused-ring (bicyclic) bond motifs is 1. The molecule has 2 aromatic rings. The quantitative estimate of drug-likeness (QED) is 0.868. The molecular formula is C18H18O6. The number of hydrogen-bond donors (Lipinski definition) is 1. The van der Waals surface area contributed by atoms with Crippen molar-refractivity contribution < 1.29 is 23.8 Å². The first kappa shape index (κ1) is 16.3. The van der Waals surface area contributed by atoms with Crippen LogP contribution < -0.4 is 10.4 Å². The fourth-order valence-electron chi connectivity index (χ4n) is 2.93. The highest BCUT2D eigenvalue weighted by molar-refractivity contribution is 5.79. The molecule has 0 saturated heterocycles. The van der Waals surface area contributed by atoms with Gasteiger partial charge in [-0.25, -0.2) is 9.59 Å². The number of benzene rings is 1. The highest BCUT2D eigenvalue weighted by atomic mass is 16.7. The fourth-order valence-corrected chi connectivity index (χ4v) is 2.93. The van der Waals surface area contributed by atoms with Crippen LogP contribution in [0.2, 0.25) is 0 Å². The molecule has 0 amide bonds. The summed E-state index contributed by atoms with van der Waals surface area (Å²) in [7, 11) is 0. The van der Waals surface area contributed by atoms with Crippen LogP contribution in [0.1, 0.15) is 36.1 Å². The molecule has 1 aliphatic rings. The van der Waals surface area contributed by atoms with E-state index in [4.69, 9.17) is 13.9 Å². The standard InChI is InChI=1S/C18H18O6/c1-3-22-17(20)18(21)10-13(12-7-5-4-6-8-12)15-14(24-18)9-11(2)23-16(15)19/h4-9,13,21H,3,10H2,1-2H3/t13-,18?/m0/s1. The van der Waals surface area contributed by atoms with Crippen LogP contribution in [-0.4, -0.2) is 23.5 Å². The van der Waals surface area contributed by atoms with Gasteiger partial charge in [0.05, 0.1) is 12.2 Å². The maximum Gasteiger partial charge on any atom is 0.379 e. The Morgan fingerprint density at radius 1 is 1.38 bits per heavy atom. The van der Waals surface area contributed by atoms with Crippen LogP contribution in [0, 0.1) is 6.92 Å². The van der Waals surface area contributed by atoms with E-state index in [0.29, 0.717) is 11.3 Å². The zero-order valence-corrected chi connectivity index (χ0v) is 13.4. The SMILES string of the molecule is CCOC(=O)C1(O)C[C@@H](c2ccccc2)c2c(cc(C)oc2=O)O1. The first-order valence-electron chi connectivity index (χ1n) is 7.73. The largest absolute Gasteiger partial charge is 0.461 e. The number of carbonyl (C=O) groups excluding carboxylic acids is 1. The van der Waals surface area contributed by atoms with E-state index < -0.39 is 23.3 Å². The first-order valence-corrected chi connectivity index (χ1v) is 7.73. The monoisotopic (exact) mass is 330 g/mol. The highest BCUT2D eigenvalue weighted by Gasteiger charge is 2.49. The van der Waals surface area contributed by atoms with Gasteiger partial charge in [-0.05, 0) is 19.4 Å². The summed E-state index contributed by atoms with van der Waals surface area (Å²) in [5, 5.41) is 10.7. The van der Waals surface area contributed by atoms with Crippen LogP contribution in [0.3, 0.4) is 0 Å². The van der Waals surface area contributed by atoms with Crippen LogP contribution in [0.15, 0.2) is 45.6 Å². The van der Waals surface area contributed by atoms with Crippen molar-refractivity contribution >= 4 is 5.97 Å². The number of aliphatic hydroxyl groups is 1. The van der Waals surface area contributed by atoms with Crippen LogP contribution in [0.25, 0.3) is 0 Å². The maximum atomic E-state index is 12.3. The molecule has 0 fully saturated rings. The van der Waals surface area contributed by atoms with Gasteiger partial charge in [-0.1, -0.05) is 30.3 Å². The molecule has 0 radical (unpaired) electrons. The lowest BCUT2D eigenvalue weighted by Gasteiger charge is -2.35. The molecule has 0 saturated carbocycles. The van der Waals surface area contributed by atoms with Crippen LogP contribution in [0.4, 0.5) is 0 Å². The summed E-state index contributed by atoms with van der Waals surface area (Å²) in [6.45, 7) is 3.36. The summed E-state index contributed by atoms with van der Waals surface area (Å²) >= 11 is 0. The van der Waals surface area contributed by atoms with Crippen molar-refractivity contribution in [3.8, 4) is 5.75 Å². The third-order valence-corrected chi connectivity index (χ3v) is 3.98. The molecule has 1 aromatic carbocycles. The van der Waals surface area contributed by atoms with Crippen LogP contribution in [0.5, 0.6) is 5.75 Å². The molecule has 2 atom stereocenters. The lowest BCUT2D eigenvalue weighted by Crippen LogP contribution is -2.50. The number of rotatable bonds is 3. The van der Waals surface area contributed by atoms with Gasteiger partial charge in [0.1, 0.15) is 11.5 Å². The van der Waals surface area contributed by atoms with Gasteiger partial charge < -0.3 is 19.0 Å². The van der Waals surface area contributed by atoms with Gasteiger partial charge in [-0.3, -0.25) is 0 Å². The van der Waals surface area contributed by atoms with Gasteiger partial charge >= 0.3 is 17.4 Å². The molecule has 2 heterocycles. The van der Waals surface area contributed by atoms with Gasteiger partial charge in [0.15, 0.2) is 0 Å². The average Bonchev–Trinajstić information content (AvgIpc) is 2.54. The molecule has 1 aliphatic heterocycles. The summed E-state index contributed by atoms with van der Waals surface area (Å²) in [5.41, 5.74) is 0.534. The van der Waals surface area contributed by atoms with Gasteiger partial charge in [-0.15, -0.1) is 0 Å². The molecule has 3 rings (SSSR count). The van der Waals surface area contributed by atoms with Gasteiger partial charge in [0.2, 0.25) is 0 Å². The molecule has 126 valence electrons. The minimum atomic E-state index is -2.15. The molecule has 6 nitrogen and oxygen atoms in total. The van der Waals surface area contributed by atoms with E-state index in [0.717, 1.165) is 5.56 Å². The Balaban J connectivity index is 2.15. The van der Waals surface area contributed by atoms with E-state index in [-0.39, 0.29) is 18.8 Å². The Morgan fingerprint density at radius 2 is 2.08 bits per heavy atom. The number of ether oxygens (including phenoxy) is 2. The lowest BCUT2D eigenvalue weighted by molar-refractivity contribution is -0.205. The first-order chi connectivity index (χ1) is 11.4. The number of hydrogen-bond acceptors (Lipinski definition) is 6. The highest BCUT2D eigenvalue weighted by Crippen LogP contribution is 2.42. The lowest BCUT2D eigenvalue weighted by atomic mass is 9.83. The van der Waals surface area contributed by atoms with Crippen molar-refractivity contribution in [2.45, 2.75) is 32.0 Å². The predicted octanol–water partition coefficient (Wildman–Crippen LogP) is 2.11. The second kappa shape index (κ2) is 6.13. The van der Waals surface area contributed by atoms with E-state index in [1.807, 2.05) is 30.3 Å². The second-order valence-electron chi connectivity index (χ2n) is 5.70. The Labute approximate surface area is 138 Å². The zero-order valence-electron chi connectivity index (χ0n) is 13.4. The minimum Gasteiger partial charge on any atom is -0.461 e. The minimum absolute atomic E-state index is 0.114. The fraction of sp³-hybridized carbons (Fsp3) is 0.333. The van der Waals surface area contributed by atoms with Crippen LogP contribution >= 0.6 is 0 Å². The molecule has 1 unspecified atom stereocenters. The molecule has 0 aliphatic carbocycles. The van der Waals surface area contributed by atoms with E-state index in [1.54, 1.807) is 13.8 Å². The average molecular weight is 330 g/mol. The van der Waals surface area contributed by atoms with E-state index in [9.17, 15) is 14.7 Å². The van der Waals surface area contributed by atoms with Crippen molar-refractivity contribution in [3.63, 3.8) is 0 Å². The maximum absolute atomic E-state index is 12.3. The second-order valence-corrected chi connectivity index (χ2v) is 5.70. The van der Waals surface area contributed by atoms with E-state index in [2.05, 4.69) is 0 Å². The van der Waals surface area contributed by atoms with Crippen molar-refractivity contribution in [1.82, 2.24) is 0 Å². The topological polar surface area (TPSA) is 86.0 Å². The number of aryl methyl sites for hydroxylation is 1. The molecule has 24 heavy (non-hydrogen) atoms. The van der Waals surface area contributed by atoms with Crippen molar-refractivity contribution in [1.29, 1.82) is 0 Å². The molecule has 0 bridgehead atoms. The van der Waals surface area contributed by atoms with E-state index in [1.165, 1.54) is 6.07 Å². The normalized spacial score (nSPS) is 22.4. The molecule has 0 spiro atoms. The molecule has 6 heteroatoms. The van der Waals surface area contributed by atoms with E-state index >= 15 is 0 Å². The predicted molar refractivity (Wildman–Crippen MR) is 84.8 cm³/mol. The van der Waals surface area contributed by atoms with Gasteiger partial charge in [0, 0.05) is 18.4 Å². The third kappa shape index (κ3) is 2.80. The molecule has 1 N–H and O–H groups in total. The Hall–Kier alpha value is -2.60. The number of carbonyl (C=O) groups is 1. The van der Waals surface area contributed by atoms with Gasteiger partial charge in [-0.2, -0.15) is 0 Å². The smallest absolute Gasteiger partial charge is 0.379 e. The van der Waals surface area contributed by atoms with Crippen LogP contribution in [-0.2, 0) is 9.53 Å². The summed E-state index contributed by atoms with van der Waals surface area (Å²) in [6.07, 6.45) is -0.128. The Bertz CT molecular complexity index is 810. The Morgan fingerprint density at radius 3 is 2.75 bits per heavy atom. The third-order valence-electron chi connectivity index (χ3n) is 3.98. The Kier molecular flexibility index (Phi) is 4.15. The number of esters is 1. The summed E-state index contributed by atoms with van der Waals surface area (Å²) in [4.78, 5) is 24.5. The molecule has 1 aromatic heterocycles. The molecular weight excluding hydrogens is 312 g/mol. The van der Waals surface area contributed by atoms with Crippen molar-refractivity contribution in [2.75, 3.05) is 6.61 Å². The zero-order chi connectivity index (χ0) is 17.3. The summed E-state index contributed by atoms with van der Waals surface area (Å²) < 4.78 is 15.6. The summed E-state index contributed by atoms with van der Waals surface area (Å²) in [6, 6.07) is 10.6. The van der Waals surface area contributed by atoms with Gasteiger partial charge in [0.25, 0.3) is 0 Å². The summed E-state index contributed by atoms with van der Waals surface area (Å²) in [5.74, 6) is -3.09. The van der Waals surface area contributed by atoms with Crippen molar-refractivity contribution in [3.05, 3.63) is 63.7 Å².